The van der Waals surface area contributed by atoms with E-state index in [0.717, 1.165) is 41.1 Å². The number of hydrogen-bond acceptors (Lipinski definition) is 4. The van der Waals surface area contributed by atoms with Gasteiger partial charge in [-0.1, -0.05) is 60.2 Å². The first-order chi connectivity index (χ1) is 18.0. The van der Waals surface area contributed by atoms with Crippen molar-refractivity contribution in [2.45, 2.75) is 32.9 Å². The lowest BCUT2D eigenvalue weighted by Crippen LogP contribution is -2.53. The van der Waals surface area contributed by atoms with Gasteiger partial charge in [0, 0.05) is 25.6 Å². The highest BCUT2D eigenvalue weighted by molar-refractivity contribution is 7.92. The number of nitrogens with zero attached hydrogens (tertiary/aromatic N) is 2. The molecule has 0 radical (unpaired) electrons. The summed E-state index contributed by atoms with van der Waals surface area (Å²) in [7, 11) is -4.07. The molecule has 0 fully saturated rings. The first-order valence-electron chi connectivity index (χ1n) is 12.1. The lowest BCUT2D eigenvalue weighted by Gasteiger charge is -2.33. The van der Waals surface area contributed by atoms with Crippen LogP contribution in [-0.4, -0.2) is 50.5 Å². The second-order valence-electron chi connectivity index (χ2n) is 8.98. The van der Waals surface area contributed by atoms with Gasteiger partial charge in [-0.25, -0.2) is 17.2 Å². The van der Waals surface area contributed by atoms with Gasteiger partial charge in [-0.3, -0.25) is 13.9 Å². The molecule has 0 saturated heterocycles. The Hall–Kier alpha value is -3.79. The number of halogens is 2. The van der Waals surface area contributed by atoms with Crippen molar-refractivity contribution in [3.8, 4) is 0 Å². The number of carbonyl (C=O) groups is 2. The monoisotopic (exact) mass is 543 g/mol. The highest BCUT2D eigenvalue weighted by Crippen LogP contribution is 2.22. The fourth-order valence-corrected chi connectivity index (χ4v) is 4.95. The molecule has 0 aliphatic heterocycles. The fraction of sp³-hybridized carbons (Fsp3) is 0.286. The summed E-state index contributed by atoms with van der Waals surface area (Å²) in [5, 5.41) is 2.77. The molecule has 0 unspecified atom stereocenters. The number of anilines is 1. The third-order valence-electron chi connectivity index (χ3n) is 5.93. The van der Waals surface area contributed by atoms with Crippen molar-refractivity contribution < 1.29 is 26.8 Å². The Bertz CT molecular complexity index is 1380. The van der Waals surface area contributed by atoms with Crippen LogP contribution in [0.3, 0.4) is 0 Å². The zero-order valence-electron chi connectivity index (χ0n) is 21.5. The molecule has 3 aromatic rings. The van der Waals surface area contributed by atoms with Crippen LogP contribution in [0, 0.1) is 18.6 Å². The molecular formula is C28H31F2N3O4S. The average Bonchev–Trinajstić information content (AvgIpc) is 2.86. The van der Waals surface area contributed by atoms with Gasteiger partial charge in [0.15, 0.2) is 11.6 Å². The van der Waals surface area contributed by atoms with Gasteiger partial charge >= 0.3 is 0 Å². The number of rotatable bonds is 11. The zero-order valence-corrected chi connectivity index (χ0v) is 22.3. The van der Waals surface area contributed by atoms with Gasteiger partial charge in [0.2, 0.25) is 21.8 Å². The van der Waals surface area contributed by atoms with Crippen LogP contribution in [0.5, 0.6) is 0 Å². The highest BCUT2D eigenvalue weighted by atomic mass is 32.2. The van der Waals surface area contributed by atoms with E-state index in [1.54, 1.807) is 6.92 Å². The van der Waals surface area contributed by atoms with Crippen molar-refractivity contribution in [3.63, 3.8) is 0 Å². The van der Waals surface area contributed by atoms with Gasteiger partial charge in [0.25, 0.3) is 0 Å². The summed E-state index contributed by atoms with van der Waals surface area (Å²) in [6.07, 6.45) is 1.06. The number of amides is 2. The van der Waals surface area contributed by atoms with E-state index in [2.05, 4.69) is 5.32 Å². The van der Waals surface area contributed by atoms with Gasteiger partial charge in [0.1, 0.15) is 12.6 Å². The average molecular weight is 544 g/mol. The molecule has 0 aliphatic rings. The smallest absolute Gasteiger partial charge is 0.244 e. The van der Waals surface area contributed by atoms with Crippen molar-refractivity contribution in [1.29, 1.82) is 0 Å². The number of carbonyl (C=O) groups excluding carboxylic acids is 2. The lowest BCUT2D eigenvalue weighted by atomic mass is 10.0. The Morgan fingerprint density at radius 3 is 2.21 bits per heavy atom. The molecule has 3 aromatic carbocycles. The van der Waals surface area contributed by atoms with E-state index in [1.807, 2.05) is 61.5 Å². The molecule has 0 aromatic heterocycles. The van der Waals surface area contributed by atoms with Crippen molar-refractivity contribution in [2.24, 2.45) is 0 Å². The van der Waals surface area contributed by atoms with Gasteiger partial charge in [-0.2, -0.15) is 0 Å². The minimum atomic E-state index is -4.07. The van der Waals surface area contributed by atoms with Crippen LogP contribution in [0.15, 0.2) is 72.8 Å². The van der Waals surface area contributed by atoms with Crippen LogP contribution in [0.2, 0.25) is 0 Å². The minimum Gasteiger partial charge on any atom is -0.355 e. The fourth-order valence-electron chi connectivity index (χ4n) is 4.11. The SMILES string of the molecule is CCNC(=O)[C@H](Cc1ccccc1)N(Cc1cccc(C)c1)C(=O)CN(c1ccc(F)c(F)c1)S(C)(=O)=O. The Morgan fingerprint density at radius 2 is 1.61 bits per heavy atom. The maximum atomic E-state index is 14.0. The molecular weight excluding hydrogens is 512 g/mol. The Kier molecular flexibility index (Phi) is 9.57. The Morgan fingerprint density at radius 1 is 0.921 bits per heavy atom. The summed E-state index contributed by atoms with van der Waals surface area (Å²) in [4.78, 5) is 28.4. The number of aryl methyl sites for hydroxylation is 1. The van der Waals surface area contributed by atoms with Crippen LogP contribution in [0.4, 0.5) is 14.5 Å². The molecule has 38 heavy (non-hydrogen) atoms. The molecule has 1 atom stereocenters. The van der Waals surface area contributed by atoms with Gasteiger partial charge in [0.05, 0.1) is 11.9 Å². The van der Waals surface area contributed by atoms with E-state index in [1.165, 1.54) is 4.90 Å². The maximum absolute atomic E-state index is 14.0. The second kappa shape index (κ2) is 12.6. The number of nitrogens with one attached hydrogen (secondary N) is 1. The first kappa shape index (κ1) is 28.8. The largest absolute Gasteiger partial charge is 0.355 e. The molecule has 10 heteroatoms. The number of hydrogen-bond donors (Lipinski definition) is 1. The van der Waals surface area contributed by atoms with E-state index in [9.17, 15) is 26.8 Å². The molecule has 202 valence electrons. The normalized spacial score (nSPS) is 12.0. The van der Waals surface area contributed by atoms with E-state index in [0.29, 0.717) is 10.8 Å². The summed E-state index contributed by atoms with van der Waals surface area (Å²) in [6, 6.07) is 18.2. The summed E-state index contributed by atoms with van der Waals surface area (Å²) < 4.78 is 53.5. The zero-order chi connectivity index (χ0) is 27.9. The third kappa shape index (κ3) is 7.61. The summed E-state index contributed by atoms with van der Waals surface area (Å²) in [5.74, 6) is -3.46. The van der Waals surface area contributed by atoms with E-state index >= 15 is 0 Å². The van der Waals surface area contributed by atoms with E-state index < -0.39 is 46.1 Å². The summed E-state index contributed by atoms with van der Waals surface area (Å²) in [6.45, 7) is 3.32. The predicted molar refractivity (Wildman–Crippen MR) is 143 cm³/mol. The van der Waals surface area contributed by atoms with Crippen LogP contribution in [0.25, 0.3) is 0 Å². The quantitative estimate of drug-likeness (QED) is 0.399. The Labute approximate surface area is 222 Å². The van der Waals surface area contributed by atoms with Crippen LogP contribution in [-0.2, 0) is 32.6 Å². The predicted octanol–water partition coefficient (Wildman–Crippen LogP) is 3.82. The number of sulfonamides is 1. The molecule has 2 amide bonds. The van der Waals surface area contributed by atoms with Gasteiger partial charge in [-0.15, -0.1) is 0 Å². The molecule has 0 spiro atoms. The molecule has 7 nitrogen and oxygen atoms in total. The Balaban J connectivity index is 2.05. The highest BCUT2D eigenvalue weighted by Gasteiger charge is 2.33. The lowest BCUT2D eigenvalue weighted by molar-refractivity contribution is -0.140. The summed E-state index contributed by atoms with van der Waals surface area (Å²) in [5.41, 5.74) is 2.31. The van der Waals surface area contributed by atoms with Gasteiger partial charge in [-0.05, 0) is 37.1 Å². The third-order valence-corrected chi connectivity index (χ3v) is 7.07. The van der Waals surface area contributed by atoms with Crippen molar-refractivity contribution in [3.05, 3.63) is 101 Å². The van der Waals surface area contributed by atoms with Crippen LogP contribution < -0.4 is 9.62 Å². The molecule has 0 heterocycles. The van der Waals surface area contributed by atoms with Crippen LogP contribution >= 0.6 is 0 Å². The first-order valence-corrected chi connectivity index (χ1v) is 13.9. The standard InChI is InChI=1S/C28H31F2N3O4S/c1-4-31-28(35)26(16-21-10-6-5-7-11-21)32(18-22-12-8-9-20(2)15-22)27(34)19-33(38(3,36)37)23-13-14-24(29)25(30)17-23/h5-15,17,26H,4,16,18-19H2,1-3H3,(H,31,35)/t26-/m0/s1. The number of likely N-dealkylation sites (N-methyl/N-ethyl adjacent to an activating group) is 1. The summed E-state index contributed by atoms with van der Waals surface area (Å²) >= 11 is 0. The number of benzene rings is 3. The van der Waals surface area contributed by atoms with Crippen molar-refractivity contribution in [2.75, 3.05) is 23.7 Å². The van der Waals surface area contributed by atoms with E-state index in [-0.39, 0.29) is 18.7 Å². The molecule has 0 aliphatic carbocycles. The van der Waals surface area contributed by atoms with Crippen molar-refractivity contribution in [1.82, 2.24) is 10.2 Å². The van der Waals surface area contributed by atoms with Crippen molar-refractivity contribution >= 4 is 27.5 Å². The molecule has 0 bridgehead atoms. The minimum absolute atomic E-state index is 0.0323. The van der Waals surface area contributed by atoms with E-state index in [4.69, 9.17) is 0 Å². The molecule has 0 saturated carbocycles. The molecule has 1 N–H and O–H groups in total. The second-order valence-corrected chi connectivity index (χ2v) is 10.9. The van der Waals surface area contributed by atoms with Gasteiger partial charge < -0.3 is 10.2 Å². The topological polar surface area (TPSA) is 86.8 Å². The maximum Gasteiger partial charge on any atom is 0.244 e. The van der Waals surface area contributed by atoms with Crippen LogP contribution in [0.1, 0.15) is 23.6 Å². The molecule has 3 rings (SSSR count).